The molecule has 0 aliphatic rings. The molecule has 2 N–H and O–H groups in total. The van der Waals surface area contributed by atoms with E-state index in [-0.39, 0.29) is 5.25 Å². The molecule has 1 aromatic rings. The van der Waals surface area contributed by atoms with Crippen LogP contribution in [0.4, 0.5) is 23.2 Å². The average Bonchev–Trinajstić information content (AvgIpc) is 2.18. The number of thioether (sulfide) groups is 1. The van der Waals surface area contributed by atoms with E-state index in [9.17, 15) is 17.6 Å². The minimum atomic E-state index is -1.54. The Morgan fingerprint density at radius 1 is 0.933 bits per heavy atom. The van der Waals surface area contributed by atoms with Crippen LogP contribution >= 0.6 is 11.8 Å². The van der Waals surface area contributed by atoms with E-state index in [0.717, 1.165) is 0 Å². The zero-order valence-electron chi connectivity index (χ0n) is 8.07. The van der Waals surface area contributed by atoms with Gasteiger partial charge in [0.25, 0.3) is 0 Å². The van der Waals surface area contributed by atoms with E-state index in [1.54, 1.807) is 13.8 Å². The van der Waals surface area contributed by atoms with Crippen LogP contribution in [0.3, 0.4) is 0 Å². The zero-order chi connectivity index (χ0) is 11.7. The fraction of sp³-hybridized carbons (Fsp3) is 0.333. The van der Waals surface area contributed by atoms with Gasteiger partial charge >= 0.3 is 0 Å². The van der Waals surface area contributed by atoms with Crippen LogP contribution in [0.2, 0.25) is 0 Å². The molecule has 0 fully saturated rings. The molecule has 1 rings (SSSR count). The van der Waals surface area contributed by atoms with Crippen molar-refractivity contribution in [2.45, 2.75) is 24.0 Å². The predicted octanol–water partition coefficient (Wildman–Crippen LogP) is 3.33. The number of rotatable bonds is 2. The summed E-state index contributed by atoms with van der Waals surface area (Å²) in [4.78, 5) is -0.672. The first kappa shape index (κ1) is 12.2. The lowest BCUT2D eigenvalue weighted by Crippen LogP contribution is -2.06. The summed E-state index contributed by atoms with van der Waals surface area (Å²) >= 11 is 0.703. The van der Waals surface area contributed by atoms with Crippen LogP contribution in [0, 0.1) is 23.3 Å². The molecular weight excluding hydrogens is 230 g/mol. The molecule has 15 heavy (non-hydrogen) atoms. The Bertz CT molecular complexity index is 363. The Hall–Kier alpha value is -0.910. The summed E-state index contributed by atoms with van der Waals surface area (Å²) in [7, 11) is 0. The molecule has 0 aliphatic heterocycles. The van der Waals surface area contributed by atoms with Crippen molar-refractivity contribution >= 4 is 17.4 Å². The van der Waals surface area contributed by atoms with Gasteiger partial charge in [0.15, 0.2) is 23.3 Å². The zero-order valence-corrected chi connectivity index (χ0v) is 8.89. The van der Waals surface area contributed by atoms with Gasteiger partial charge in [0.05, 0.1) is 4.90 Å². The fourth-order valence-electron chi connectivity index (χ4n) is 0.968. The Balaban J connectivity index is 3.39. The summed E-state index contributed by atoms with van der Waals surface area (Å²) in [5.41, 5.74) is 3.72. The van der Waals surface area contributed by atoms with Crippen LogP contribution in [-0.4, -0.2) is 5.25 Å². The minimum Gasteiger partial charge on any atom is -0.394 e. The van der Waals surface area contributed by atoms with Crippen LogP contribution in [0.1, 0.15) is 13.8 Å². The highest BCUT2D eigenvalue weighted by Gasteiger charge is 2.24. The summed E-state index contributed by atoms with van der Waals surface area (Å²) in [5.74, 6) is -5.97. The smallest absolute Gasteiger partial charge is 0.186 e. The van der Waals surface area contributed by atoms with Gasteiger partial charge < -0.3 is 5.73 Å². The molecule has 1 aromatic carbocycles. The maximum Gasteiger partial charge on any atom is 0.186 e. The van der Waals surface area contributed by atoms with Crippen molar-refractivity contribution in [2.75, 3.05) is 5.73 Å². The topological polar surface area (TPSA) is 26.0 Å². The van der Waals surface area contributed by atoms with Crippen molar-refractivity contribution in [1.29, 1.82) is 0 Å². The van der Waals surface area contributed by atoms with Crippen molar-refractivity contribution in [3.8, 4) is 0 Å². The van der Waals surface area contributed by atoms with Crippen LogP contribution in [0.5, 0.6) is 0 Å². The van der Waals surface area contributed by atoms with E-state index in [1.165, 1.54) is 0 Å². The molecule has 0 unspecified atom stereocenters. The molecule has 0 radical (unpaired) electrons. The molecule has 0 spiro atoms. The Morgan fingerprint density at radius 2 is 1.33 bits per heavy atom. The maximum absolute atomic E-state index is 13.2. The van der Waals surface area contributed by atoms with Crippen LogP contribution in [0.15, 0.2) is 4.90 Å². The minimum absolute atomic E-state index is 0.198. The van der Waals surface area contributed by atoms with Gasteiger partial charge in [0.1, 0.15) is 5.69 Å². The summed E-state index contributed by atoms with van der Waals surface area (Å²) in [6.07, 6.45) is 0. The van der Waals surface area contributed by atoms with Crippen molar-refractivity contribution in [3.63, 3.8) is 0 Å². The number of benzene rings is 1. The first-order chi connectivity index (χ1) is 6.86. The SMILES string of the molecule is CC(C)Sc1c(F)c(F)c(N)c(F)c1F. The monoisotopic (exact) mass is 239 g/mol. The van der Waals surface area contributed by atoms with Gasteiger partial charge in [-0.3, -0.25) is 0 Å². The molecule has 0 amide bonds. The van der Waals surface area contributed by atoms with E-state index in [0.29, 0.717) is 11.8 Å². The molecular formula is C9H9F4NS. The van der Waals surface area contributed by atoms with Gasteiger partial charge in [-0.05, 0) is 0 Å². The standard InChI is InChI=1S/C9H9F4NS/c1-3(2)15-9-6(12)4(10)8(14)5(11)7(9)13/h3H,14H2,1-2H3. The molecule has 0 bridgehead atoms. The quantitative estimate of drug-likeness (QED) is 0.371. The van der Waals surface area contributed by atoms with E-state index in [1.807, 2.05) is 0 Å². The van der Waals surface area contributed by atoms with Gasteiger partial charge in [0, 0.05) is 5.25 Å². The Morgan fingerprint density at radius 3 is 1.67 bits per heavy atom. The molecule has 0 atom stereocenters. The van der Waals surface area contributed by atoms with Crippen molar-refractivity contribution in [2.24, 2.45) is 0 Å². The third-order valence-corrected chi connectivity index (χ3v) is 2.68. The van der Waals surface area contributed by atoms with Crippen LogP contribution < -0.4 is 5.73 Å². The van der Waals surface area contributed by atoms with Crippen molar-refractivity contribution in [1.82, 2.24) is 0 Å². The van der Waals surface area contributed by atoms with Crippen molar-refractivity contribution in [3.05, 3.63) is 23.3 Å². The second-order valence-corrected chi connectivity index (χ2v) is 4.75. The number of hydrogen-bond acceptors (Lipinski definition) is 2. The second-order valence-electron chi connectivity index (χ2n) is 3.17. The van der Waals surface area contributed by atoms with Gasteiger partial charge in [0.2, 0.25) is 0 Å². The summed E-state index contributed by atoms with van der Waals surface area (Å²) in [6, 6.07) is 0. The summed E-state index contributed by atoms with van der Waals surface area (Å²) in [6.45, 7) is 3.30. The lowest BCUT2D eigenvalue weighted by molar-refractivity contribution is 0.431. The normalized spacial score (nSPS) is 11.1. The molecule has 84 valence electrons. The summed E-state index contributed by atoms with van der Waals surface area (Å²) in [5, 5.41) is -0.198. The van der Waals surface area contributed by atoms with E-state index in [4.69, 9.17) is 5.73 Å². The molecule has 1 nitrogen and oxygen atoms in total. The lowest BCUT2D eigenvalue weighted by Gasteiger charge is -2.10. The third-order valence-electron chi connectivity index (χ3n) is 1.61. The highest BCUT2D eigenvalue weighted by atomic mass is 32.2. The highest BCUT2D eigenvalue weighted by Crippen LogP contribution is 2.34. The maximum atomic E-state index is 13.2. The average molecular weight is 239 g/mol. The largest absolute Gasteiger partial charge is 0.394 e. The number of nitrogen functional groups attached to an aromatic ring is 1. The molecule has 0 aliphatic carbocycles. The second kappa shape index (κ2) is 4.30. The van der Waals surface area contributed by atoms with Gasteiger partial charge in [-0.2, -0.15) is 0 Å². The van der Waals surface area contributed by atoms with E-state index >= 15 is 0 Å². The lowest BCUT2D eigenvalue weighted by atomic mass is 10.2. The van der Waals surface area contributed by atoms with Crippen molar-refractivity contribution < 1.29 is 17.6 Å². The third kappa shape index (κ3) is 2.19. The van der Waals surface area contributed by atoms with Crippen LogP contribution in [0.25, 0.3) is 0 Å². The highest BCUT2D eigenvalue weighted by molar-refractivity contribution is 7.99. The number of halogens is 4. The Kier molecular flexibility index (Phi) is 3.49. The molecule has 0 heterocycles. The van der Waals surface area contributed by atoms with Gasteiger partial charge in [-0.15, -0.1) is 11.8 Å². The Labute approximate surface area is 88.7 Å². The van der Waals surface area contributed by atoms with E-state index < -0.39 is 33.9 Å². The predicted molar refractivity (Wildman–Crippen MR) is 51.7 cm³/mol. The number of nitrogens with two attached hydrogens (primary N) is 1. The first-order valence-corrected chi connectivity index (χ1v) is 5.02. The van der Waals surface area contributed by atoms with Gasteiger partial charge in [-0.1, -0.05) is 13.8 Å². The fourth-order valence-corrected chi connectivity index (χ4v) is 1.83. The number of hydrogen-bond donors (Lipinski definition) is 1. The van der Waals surface area contributed by atoms with E-state index in [2.05, 4.69) is 0 Å². The molecule has 0 saturated heterocycles. The first-order valence-electron chi connectivity index (χ1n) is 4.14. The van der Waals surface area contributed by atoms with Crippen LogP contribution in [-0.2, 0) is 0 Å². The molecule has 0 saturated carbocycles. The molecule has 6 heteroatoms. The summed E-state index contributed by atoms with van der Waals surface area (Å²) < 4.78 is 52.3. The van der Waals surface area contributed by atoms with Gasteiger partial charge in [-0.25, -0.2) is 17.6 Å². The number of anilines is 1. The molecule has 0 aromatic heterocycles.